The molecule has 1 aliphatic carbocycles. The normalized spacial score (nSPS) is 15.0. The van der Waals surface area contributed by atoms with Gasteiger partial charge in [-0.05, 0) is 25.0 Å². The largest absolute Gasteiger partial charge is 0.384 e. The lowest BCUT2D eigenvalue weighted by Crippen LogP contribution is -1.94. The van der Waals surface area contributed by atoms with Crippen molar-refractivity contribution in [1.29, 1.82) is 0 Å². The van der Waals surface area contributed by atoms with Crippen molar-refractivity contribution in [2.24, 2.45) is 0 Å². The van der Waals surface area contributed by atoms with Crippen LogP contribution in [0.25, 0.3) is 11.3 Å². The fraction of sp³-hybridized carbons (Fsp3) is 0.250. The highest BCUT2D eigenvalue weighted by molar-refractivity contribution is 5.58. The third-order valence-electron chi connectivity index (χ3n) is 2.73. The molecule has 0 unspecified atom stereocenters. The van der Waals surface area contributed by atoms with Crippen LogP contribution in [0.15, 0.2) is 30.7 Å². The monoisotopic (exact) mass is 212 g/mol. The van der Waals surface area contributed by atoms with Gasteiger partial charge in [0.25, 0.3) is 0 Å². The van der Waals surface area contributed by atoms with E-state index in [1.54, 1.807) is 18.5 Å². The molecule has 0 atom stereocenters. The third-order valence-corrected chi connectivity index (χ3v) is 2.73. The molecule has 2 N–H and O–H groups in total. The zero-order valence-electron chi connectivity index (χ0n) is 8.80. The Morgan fingerprint density at radius 2 is 2.00 bits per heavy atom. The lowest BCUT2D eigenvalue weighted by Gasteiger charge is -2.02. The number of rotatable bonds is 2. The van der Waals surface area contributed by atoms with Gasteiger partial charge in [-0.3, -0.25) is 4.98 Å². The van der Waals surface area contributed by atoms with Crippen LogP contribution in [0.3, 0.4) is 0 Å². The van der Waals surface area contributed by atoms with E-state index in [2.05, 4.69) is 15.0 Å². The van der Waals surface area contributed by atoms with Crippen molar-refractivity contribution in [3.8, 4) is 11.3 Å². The summed E-state index contributed by atoms with van der Waals surface area (Å²) in [6.07, 6.45) is 7.82. The summed E-state index contributed by atoms with van der Waals surface area (Å²) < 4.78 is 0. The number of nitrogens with zero attached hydrogens (tertiary/aromatic N) is 3. The number of hydrogen-bond donors (Lipinski definition) is 1. The molecular weight excluding hydrogens is 200 g/mol. The molecule has 0 aromatic carbocycles. The van der Waals surface area contributed by atoms with E-state index in [4.69, 9.17) is 5.73 Å². The molecule has 16 heavy (non-hydrogen) atoms. The smallest absolute Gasteiger partial charge is 0.123 e. The quantitative estimate of drug-likeness (QED) is 0.826. The Hall–Kier alpha value is -1.97. The molecule has 0 bridgehead atoms. The molecule has 2 aromatic heterocycles. The van der Waals surface area contributed by atoms with Gasteiger partial charge in [-0.1, -0.05) is 0 Å². The summed E-state index contributed by atoms with van der Waals surface area (Å²) in [6, 6.07) is 3.70. The molecule has 4 nitrogen and oxygen atoms in total. The Morgan fingerprint density at radius 3 is 2.69 bits per heavy atom. The van der Waals surface area contributed by atoms with Gasteiger partial charge in [0.2, 0.25) is 0 Å². The highest BCUT2D eigenvalue weighted by Gasteiger charge is 2.25. The molecule has 1 saturated carbocycles. The minimum Gasteiger partial charge on any atom is -0.384 e. The fourth-order valence-electron chi connectivity index (χ4n) is 1.65. The van der Waals surface area contributed by atoms with E-state index in [-0.39, 0.29) is 0 Å². The van der Waals surface area contributed by atoms with Crippen LogP contribution < -0.4 is 5.73 Å². The second-order valence-electron chi connectivity index (χ2n) is 4.08. The summed E-state index contributed by atoms with van der Waals surface area (Å²) in [5, 5.41) is 0. The molecular formula is C12H12N4. The van der Waals surface area contributed by atoms with Gasteiger partial charge in [-0.15, -0.1) is 0 Å². The second-order valence-corrected chi connectivity index (χ2v) is 4.08. The van der Waals surface area contributed by atoms with Gasteiger partial charge in [-0.2, -0.15) is 0 Å². The first-order valence-electron chi connectivity index (χ1n) is 5.37. The van der Waals surface area contributed by atoms with Crippen LogP contribution in [0.5, 0.6) is 0 Å². The maximum Gasteiger partial charge on any atom is 0.123 e. The number of hydrogen-bond acceptors (Lipinski definition) is 4. The zero-order valence-corrected chi connectivity index (χ0v) is 8.80. The van der Waals surface area contributed by atoms with Crippen molar-refractivity contribution in [2.45, 2.75) is 18.8 Å². The Labute approximate surface area is 93.6 Å². The van der Waals surface area contributed by atoms with Gasteiger partial charge in [0.05, 0.1) is 17.6 Å². The predicted octanol–water partition coefficient (Wildman–Crippen LogP) is 2.00. The van der Waals surface area contributed by atoms with E-state index in [0.29, 0.717) is 11.7 Å². The first-order chi connectivity index (χ1) is 7.83. The number of nitrogens with two attached hydrogens (primary N) is 1. The van der Waals surface area contributed by atoms with Crippen LogP contribution in [-0.2, 0) is 0 Å². The molecule has 2 heterocycles. The highest BCUT2D eigenvalue weighted by atomic mass is 14.8. The molecule has 0 saturated heterocycles. The van der Waals surface area contributed by atoms with E-state index in [9.17, 15) is 0 Å². The second kappa shape index (κ2) is 3.56. The van der Waals surface area contributed by atoms with E-state index >= 15 is 0 Å². The van der Waals surface area contributed by atoms with Crippen molar-refractivity contribution in [3.05, 3.63) is 36.4 Å². The highest BCUT2D eigenvalue weighted by Crippen LogP contribution is 2.39. The Morgan fingerprint density at radius 1 is 1.12 bits per heavy atom. The van der Waals surface area contributed by atoms with Crippen LogP contribution in [0.1, 0.15) is 24.5 Å². The van der Waals surface area contributed by atoms with E-state index < -0.39 is 0 Å². The van der Waals surface area contributed by atoms with E-state index in [1.165, 1.54) is 12.8 Å². The van der Waals surface area contributed by atoms with Crippen molar-refractivity contribution in [1.82, 2.24) is 15.0 Å². The number of aromatic nitrogens is 3. The number of pyridine rings is 1. The molecule has 3 rings (SSSR count). The van der Waals surface area contributed by atoms with Crippen LogP contribution in [0.2, 0.25) is 0 Å². The minimum absolute atomic E-state index is 0.523. The fourth-order valence-corrected chi connectivity index (χ4v) is 1.65. The van der Waals surface area contributed by atoms with Crippen LogP contribution in [-0.4, -0.2) is 15.0 Å². The van der Waals surface area contributed by atoms with Gasteiger partial charge in [-0.25, -0.2) is 9.97 Å². The van der Waals surface area contributed by atoms with Crippen LogP contribution >= 0.6 is 0 Å². The van der Waals surface area contributed by atoms with Gasteiger partial charge in [0, 0.05) is 23.9 Å². The predicted molar refractivity (Wildman–Crippen MR) is 61.7 cm³/mol. The van der Waals surface area contributed by atoms with E-state index in [0.717, 1.165) is 17.0 Å². The molecule has 4 heteroatoms. The molecule has 1 fully saturated rings. The lowest BCUT2D eigenvalue weighted by molar-refractivity contribution is 0.992. The summed E-state index contributed by atoms with van der Waals surface area (Å²) in [5.74, 6) is 1.14. The summed E-state index contributed by atoms with van der Waals surface area (Å²) in [4.78, 5) is 12.9. The zero-order chi connectivity index (χ0) is 11.0. The molecule has 0 amide bonds. The summed E-state index contributed by atoms with van der Waals surface area (Å²) >= 11 is 0. The molecule has 0 radical (unpaired) electrons. The molecule has 0 spiro atoms. The maximum atomic E-state index is 5.55. The molecule has 2 aromatic rings. The number of nitrogen functional groups attached to an aromatic ring is 1. The Kier molecular flexibility index (Phi) is 2.06. The van der Waals surface area contributed by atoms with E-state index in [1.807, 2.05) is 12.3 Å². The van der Waals surface area contributed by atoms with Gasteiger partial charge in [0.1, 0.15) is 5.82 Å². The van der Waals surface area contributed by atoms with Crippen molar-refractivity contribution in [3.63, 3.8) is 0 Å². The lowest BCUT2D eigenvalue weighted by atomic mass is 10.2. The van der Waals surface area contributed by atoms with Gasteiger partial charge < -0.3 is 5.73 Å². The average molecular weight is 212 g/mol. The standard InChI is InChI=1S/C12H12N4/c13-12-4-3-9(5-15-12)11-7-14-6-10(16-11)8-1-2-8/h3-8H,1-2H2,(H2,13,15). The average Bonchev–Trinajstić information content (AvgIpc) is 3.14. The molecule has 1 aliphatic rings. The first kappa shape index (κ1) is 9.27. The summed E-state index contributed by atoms with van der Waals surface area (Å²) in [7, 11) is 0. The molecule has 0 aliphatic heterocycles. The topological polar surface area (TPSA) is 64.7 Å². The SMILES string of the molecule is Nc1ccc(-c2cncc(C3CC3)n2)cn1. The first-order valence-corrected chi connectivity index (χ1v) is 5.37. The summed E-state index contributed by atoms with van der Waals surface area (Å²) in [6.45, 7) is 0. The van der Waals surface area contributed by atoms with Crippen molar-refractivity contribution in [2.75, 3.05) is 5.73 Å². The van der Waals surface area contributed by atoms with Crippen molar-refractivity contribution < 1.29 is 0 Å². The molecule has 80 valence electrons. The Balaban J connectivity index is 1.98. The summed E-state index contributed by atoms with van der Waals surface area (Å²) in [5.41, 5.74) is 8.47. The van der Waals surface area contributed by atoms with Gasteiger partial charge >= 0.3 is 0 Å². The third kappa shape index (κ3) is 1.74. The van der Waals surface area contributed by atoms with Gasteiger partial charge in [0.15, 0.2) is 0 Å². The Bertz CT molecular complexity index is 503. The van der Waals surface area contributed by atoms with Crippen molar-refractivity contribution >= 4 is 5.82 Å². The van der Waals surface area contributed by atoms with Crippen LogP contribution in [0, 0.1) is 0 Å². The maximum absolute atomic E-state index is 5.55. The number of anilines is 1. The minimum atomic E-state index is 0.523. The van der Waals surface area contributed by atoms with Crippen LogP contribution in [0.4, 0.5) is 5.82 Å².